The van der Waals surface area contributed by atoms with Gasteiger partial charge in [0.2, 0.25) is 11.8 Å². The third-order valence-electron chi connectivity index (χ3n) is 3.80. The van der Waals surface area contributed by atoms with Crippen LogP contribution in [0.1, 0.15) is 24.8 Å². The molecule has 1 aliphatic rings. The van der Waals surface area contributed by atoms with Gasteiger partial charge in [-0.25, -0.2) is 0 Å². The Morgan fingerprint density at radius 3 is 2.59 bits per heavy atom. The van der Waals surface area contributed by atoms with Gasteiger partial charge in [-0.2, -0.15) is 0 Å². The van der Waals surface area contributed by atoms with Crippen molar-refractivity contribution in [2.75, 3.05) is 19.6 Å². The van der Waals surface area contributed by atoms with Crippen LogP contribution in [0.3, 0.4) is 0 Å². The van der Waals surface area contributed by atoms with Crippen molar-refractivity contribution in [2.24, 2.45) is 11.7 Å². The van der Waals surface area contributed by atoms with E-state index in [9.17, 15) is 9.59 Å². The first-order valence-electron chi connectivity index (χ1n) is 7.48. The van der Waals surface area contributed by atoms with E-state index in [1.807, 2.05) is 30.3 Å². The van der Waals surface area contributed by atoms with Gasteiger partial charge < -0.3 is 16.0 Å². The molecule has 0 aliphatic carbocycles. The zero-order chi connectivity index (χ0) is 15.1. The van der Waals surface area contributed by atoms with Gasteiger partial charge in [0.1, 0.15) is 0 Å². The highest BCUT2D eigenvalue weighted by Crippen LogP contribution is 2.16. The van der Waals surface area contributed by atoms with Crippen molar-refractivity contribution >= 4 is 24.2 Å². The highest BCUT2D eigenvalue weighted by Gasteiger charge is 2.26. The monoisotopic (exact) mass is 325 g/mol. The number of nitrogens with one attached hydrogen (secondary N) is 1. The quantitative estimate of drug-likeness (QED) is 0.828. The first-order chi connectivity index (χ1) is 10.2. The number of benzene rings is 1. The first kappa shape index (κ1) is 18.5. The number of hydrogen-bond donors (Lipinski definition) is 2. The summed E-state index contributed by atoms with van der Waals surface area (Å²) in [6.07, 6.45) is 2.14. The van der Waals surface area contributed by atoms with Crippen LogP contribution in [0.4, 0.5) is 0 Å². The fourth-order valence-electron chi connectivity index (χ4n) is 2.64. The number of nitrogens with zero attached hydrogens (tertiary/aromatic N) is 1. The summed E-state index contributed by atoms with van der Waals surface area (Å²) in [5, 5.41) is 3.26. The van der Waals surface area contributed by atoms with Gasteiger partial charge in [-0.15, -0.1) is 12.4 Å². The molecule has 0 saturated carbocycles. The second-order valence-electron chi connectivity index (χ2n) is 5.50. The molecular formula is C16H24ClN3O2. The van der Waals surface area contributed by atoms with Crippen LogP contribution in [0.25, 0.3) is 0 Å². The number of hydrogen-bond acceptors (Lipinski definition) is 3. The molecule has 0 spiro atoms. The Bertz CT molecular complexity index is 476. The van der Waals surface area contributed by atoms with Crippen LogP contribution in [-0.2, 0) is 16.1 Å². The molecule has 5 nitrogen and oxygen atoms in total. The fourth-order valence-corrected chi connectivity index (χ4v) is 2.64. The molecule has 122 valence electrons. The number of nitrogens with two attached hydrogens (primary N) is 1. The van der Waals surface area contributed by atoms with E-state index in [-0.39, 0.29) is 36.6 Å². The van der Waals surface area contributed by atoms with Crippen molar-refractivity contribution in [3.8, 4) is 0 Å². The van der Waals surface area contributed by atoms with E-state index < -0.39 is 0 Å². The van der Waals surface area contributed by atoms with Crippen molar-refractivity contribution in [3.63, 3.8) is 0 Å². The molecule has 0 bridgehead atoms. The van der Waals surface area contributed by atoms with Crippen molar-refractivity contribution in [2.45, 2.75) is 25.8 Å². The molecule has 1 aliphatic heterocycles. The SMILES string of the molecule is Cl.NC(=O)CCN(Cc1ccccc1)C(=O)C1CCCNC1. The minimum absolute atomic E-state index is 0. The van der Waals surface area contributed by atoms with Crippen LogP contribution >= 0.6 is 12.4 Å². The van der Waals surface area contributed by atoms with Crippen LogP contribution in [-0.4, -0.2) is 36.3 Å². The summed E-state index contributed by atoms with van der Waals surface area (Å²) in [6.45, 7) is 2.62. The third kappa shape index (κ3) is 5.66. The molecule has 2 amide bonds. The molecule has 1 unspecified atom stereocenters. The zero-order valence-corrected chi connectivity index (χ0v) is 13.5. The van der Waals surface area contributed by atoms with Gasteiger partial charge in [0.05, 0.1) is 5.92 Å². The molecule has 1 aromatic rings. The Labute approximate surface area is 137 Å². The molecule has 1 aromatic carbocycles. The molecule has 2 rings (SSSR count). The van der Waals surface area contributed by atoms with E-state index in [0.29, 0.717) is 13.1 Å². The minimum atomic E-state index is -0.373. The summed E-state index contributed by atoms with van der Waals surface area (Å²) in [5.74, 6) is -0.245. The predicted octanol–water partition coefficient (Wildman–Crippen LogP) is 1.31. The number of primary amides is 1. The Hall–Kier alpha value is -1.59. The molecule has 22 heavy (non-hydrogen) atoms. The van der Waals surface area contributed by atoms with Crippen LogP contribution in [0.15, 0.2) is 30.3 Å². The summed E-state index contributed by atoms with van der Waals surface area (Å²) >= 11 is 0. The highest BCUT2D eigenvalue weighted by molar-refractivity contribution is 5.85. The Morgan fingerprint density at radius 1 is 1.27 bits per heavy atom. The van der Waals surface area contributed by atoms with Gasteiger partial charge >= 0.3 is 0 Å². The summed E-state index contributed by atoms with van der Waals surface area (Å²) in [5.41, 5.74) is 6.29. The molecule has 6 heteroatoms. The van der Waals surface area contributed by atoms with Crippen LogP contribution < -0.4 is 11.1 Å². The molecule has 1 atom stereocenters. The van der Waals surface area contributed by atoms with Gasteiger partial charge in [0, 0.05) is 26.1 Å². The maximum atomic E-state index is 12.6. The molecular weight excluding hydrogens is 302 g/mol. The van der Waals surface area contributed by atoms with Gasteiger partial charge in [-0.05, 0) is 24.9 Å². The van der Waals surface area contributed by atoms with E-state index >= 15 is 0 Å². The fraction of sp³-hybridized carbons (Fsp3) is 0.500. The van der Waals surface area contributed by atoms with Gasteiger partial charge in [-0.1, -0.05) is 30.3 Å². The summed E-state index contributed by atoms with van der Waals surface area (Å²) in [6, 6.07) is 9.83. The number of carbonyl (C=O) groups is 2. The van der Waals surface area contributed by atoms with Gasteiger partial charge in [-0.3, -0.25) is 9.59 Å². The Morgan fingerprint density at radius 2 is 2.00 bits per heavy atom. The van der Waals surface area contributed by atoms with Gasteiger partial charge in [0.15, 0.2) is 0 Å². The summed E-state index contributed by atoms with van der Waals surface area (Å²) in [4.78, 5) is 25.4. The lowest BCUT2D eigenvalue weighted by Crippen LogP contribution is -2.43. The Kier molecular flexibility index (Phi) is 7.91. The van der Waals surface area contributed by atoms with E-state index in [1.165, 1.54) is 0 Å². The molecule has 1 heterocycles. The topological polar surface area (TPSA) is 75.4 Å². The largest absolute Gasteiger partial charge is 0.370 e. The number of rotatable bonds is 6. The van der Waals surface area contributed by atoms with E-state index in [0.717, 1.165) is 31.5 Å². The van der Waals surface area contributed by atoms with Gasteiger partial charge in [0.25, 0.3) is 0 Å². The minimum Gasteiger partial charge on any atom is -0.370 e. The maximum Gasteiger partial charge on any atom is 0.227 e. The summed E-state index contributed by atoms with van der Waals surface area (Å²) < 4.78 is 0. The second kappa shape index (κ2) is 9.43. The van der Waals surface area contributed by atoms with Crippen molar-refractivity contribution < 1.29 is 9.59 Å². The molecule has 0 radical (unpaired) electrons. The third-order valence-corrected chi connectivity index (χ3v) is 3.80. The van der Waals surface area contributed by atoms with Crippen LogP contribution in [0, 0.1) is 5.92 Å². The average molecular weight is 326 g/mol. The molecule has 0 aromatic heterocycles. The number of amides is 2. The lowest BCUT2D eigenvalue weighted by molar-refractivity contribution is -0.137. The normalized spacial score (nSPS) is 17.4. The number of carbonyl (C=O) groups excluding carboxylic acids is 2. The highest BCUT2D eigenvalue weighted by atomic mass is 35.5. The summed E-state index contributed by atoms with van der Waals surface area (Å²) in [7, 11) is 0. The first-order valence-corrected chi connectivity index (χ1v) is 7.48. The zero-order valence-electron chi connectivity index (χ0n) is 12.7. The smallest absolute Gasteiger partial charge is 0.227 e. The predicted molar refractivity (Wildman–Crippen MR) is 88.5 cm³/mol. The van der Waals surface area contributed by atoms with Crippen molar-refractivity contribution in [3.05, 3.63) is 35.9 Å². The van der Waals surface area contributed by atoms with Crippen molar-refractivity contribution in [1.29, 1.82) is 0 Å². The number of piperidine rings is 1. The van der Waals surface area contributed by atoms with Crippen molar-refractivity contribution in [1.82, 2.24) is 10.2 Å². The van der Waals surface area contributed by atoms with E-state index in [2.05, 4.69) is 5.32 Å². The molecule has 1 saturated heterocycles. The maximum absolute atomic E-state index is 12.6. The van der Waals surface area contributed by atoms with Crippen LogP contribution in [0.5, 0.6) is 0 Å². The van der Waals surface area contributed by atoms with E-state index in [1.54, 1.807) is 4.90 Å². The standard InChI is InChI=1S/C16H23N3O2.ClH/c17-15(20)8-10-19(12-13-5-2-1-3-6-13)16(21)14-7-4-9-18-11-14;/h1-3,5-6,14,18H,4,7-12H2,(H2,17,20);1H. The number of halogens is 1. The second-order valence-corrected chi connectivity index (χ2v) is 5.50. The van der Waals surface area contributed by atoms with E-state index in [4.69, 9.17) is 5.73 Å². The van der Waals surface area contributed by atoms with Crippen LogP contribution in [0.2, 0.25) is 0 Å². The molecule has 3 N–H and O–H groups in total. The Balaban J connectivity index is 0.00000242. The average Bonchev–Trinajstić information content (AvgIpc) is 2.52. The molecule has 1 fully saturated rings. The lowest BCUT2D eigenvalue weighted by Gasteiger charge is -2.29. The lowest BCUT2D eigenvalue weighted by atomic mass is 9.97.